The number of nitrogens with zero attached hydrogens (tertiary/aromatic N) is 1. The predicted octanol–water partition coefficient (Wildman–Crippen LogP) is 2.22. The van der Waals surface area contributed by atoms with E-state index in [0.717, 1.165) is 12.8 Å². The SMILES string of the molecule is COC(=O)c1cccnc1SCC1(CC(=O)O)CC1. The molecule has 1 aliphatic carbocycles. The molecule has 0 bridgehead atoms. The Morgan fingerprint density at radius 3 is 2.84 bits per heavy atom. The standard InChI is InChI=1S/C13H15NO4S/c1-18-12(17)9-3-2-6-14-11(9)19-8-13(4-5-13)7-10(15)16/h2-3,6H,4-5,7-8H2,1H3,(H,15,16). The van der Waals surface area contributed by atoms with Crippen LogP contribution in [0.2, 0.25) is 0 Å². The Balaban J connectivity index is 2.04. The number of carboxylic acids is 1. The number of pyridine rings is 1. The molecule has 102 valence electrons. The van der Waals surface area contributed by atoms with Crippen LogP contribution < -0.4 is 0 Å². The lowest BCUT2D eigenvalue weighted by Gasteiger charge is -2.12. The van der Waals surface area contributed by atoms with Gasteiger partial charge in [-0.05, 0) is 30.4 Å². The van der Waals surface area contributed by atoms with Gasteiger partial charge in [0.15, 0.2) is 0 Å². The van der Waals surface area contributed by atoms with Crippen LogP contribution in [0.25, 0.3) is 0 Å². The number of hydrogen-bond acceptors (Lipinski definition) is 5. The van der Waals surface area contributed by atoms with Gasteiger partial charge in [-0.1, -0.05) is 0 Å². The molecule has 0 unspecified atom stereocenters. The summed E-state index contributed by atoms with van der Waals surface area (Å²) < 4.78 is 4.70. The normalized spacial score (nSPS) is 15.8. The summed E-state index contributed by atoms with van der Waals surface area (Å²) in [5.41, 5.74) is 0.308. The second-order valence-corrected chi connectivity index (χ2v) is 5.67. The zero-order chi connectivity index (χ0) is 13.9. The molecule has 0 spiro atoms. The van der Waals surface area contributed by atoms with Crippen LogP contribution in [-0.4, -0.2) is 34.9 Å². The van der Waals surface area contributed by atoms with Crippen molar-refractivity contribution in [2.45, 2.75) is 24.3 Å². The average Bonchev–Trinajstić information content (AvgIpc) is 3.15. The van der Waals surface area contributed by atoms with Gasteiger partial charge in [0, 0.05) is 11.9 Å². The summed E-state index contributed by atoms with van der Waals surface area (Å²) in [5, 5.41) is 9.47. The zero-order valence-electron chi connectivity index (χ0n) is 10.6. The van der Waals surface area contributed by atoms with Gasteiger partial charge in [-0.25, -0.2) is 9.78 Å². The van der Waals surface area contributed by atoms with Crippen molar-refractivity contribution >= 4 is 23.7 Å². The third-order valence-electron chi connectivity index (χ3n) is 3.17. The minimum atomic E-state index is -0.771. The quantitative estimate of drug-likeness (QED) is 0.636. The van der Waals surface area contributed by atoms with E-state index in [1.807, 2.05) is 0 Å². The first-order valence-corrected chi connectivity index (χ1v) is 6.93. The number of methoxy groups -OCH3 is 1. The van der Waals surface area contributed by atoms with Crippen LogP contribution in [0.15, 0.2) is 23.4 Å². The first-order chi connectivity index (χ1) is 9.06. The summed E-state index contributed by atoms with van der Waals surface area (Å²) in [6.45, 7) is 0. The third kappa shape index (κ3) is 3.47. The monoisotopic (exact) mass is 281 g/mol. The first-order valence-electron chi connectivity index (χ1n) is 5.94. The fraction of sp³-hybridized carbons (Fsp3) is 0.462. The Labute approximate surface area is 115 Å². The number of aliphatic carboxylic acids is 1. The van der Waals surface area contributed by atoms with E-state index >= 15 is 0 Å². The van der Waals surface area contributed by atoms with Crippen molar-refractivity contribution in [3.05, 3.63) is 23.9 Å². The predicted molar refractivity (Wildman–Crippen MR) is 70.2 cm³/mol. The maximum atomic E-state index is 11.6. The van der Waals surface area contributed by atoms with Gasteiger partial charge in [0.25, 0.3) is 0 Å². The number of carboxylic acid groups (broad SMARTS) is 1. The molecule has 0 atom stereocenters. The van der Waals surface area contributed by atoms with Crippen LogP contribution in [0.5, 0.6) is 0 Å². The molecule has 1 heterocycles. The van der Waals surface area contributed by atoms with Crippen molar-refractivity contribution in [1.82, 2.24) is 4.98 Å². The number of carbonyl (C=O) groups is 2. The maximum absolute atomic E-state index is 11.6. The van der Waals surface area contributed by atoms with Crippen LogP contribution in [0.1, 0.15) is 29.6 Å². The van der Waals surface area contributed by atoms with Crippen LogP contribution in [0, 0.1) is 5.41 Å². The van der Waals surface area contributed by atoms with Crippen LogP contribution in [-0.2, 0) is 9.53 Å². The molecule has 1 fully saturated rings. The Kier molecular flexibility index (Phi) is 4.09. The Bertz CT molecular complexity index is 499. The molecule has 0 radical (unpaired) electrons. The highest BCUT2D eigenvalue weighted by molar-refractivity contribution is 7.99. The van der Waals surface area contributed by atoms with E-state index in [1.54, 1.807) is 18.3 Å². The zero-order valence-corrected chi connectivity index (χ0v) is 11.4. The number of ether oxygens (including phenoxy) is 1. The van der Waals surface area contributed by atoms with Gasteiger partial charge >= 0.3 is 11.9 Å². The van der Waals surface area contributed by atoms with E-state index in [2.05, 4.69) is 4.98 Å². The van der Waals surface area contributed by atoms with E-state index in [4.69, 9.17) is 9.84 Å². The lowest BCUT2D eigenvalue weighted by Crippen LogP contribution is -2.12. The number of rotatable bonds is 6. The summed E-state index contributed by atoms with van der Waals surface area (Å²) in [7, 11) is 1.33. The smallest absolute Gasteiger partial charge is 0.340 e. The lowest BCUT2D eigenvalue weighted by molar-refractivity contribution is -0.138. The van der Waals surface area contributed by atoms with Crippen molar-refractivity contribution in [3.8, 4) is 0 Å². The summed E-state index contributed by atoms with van der Waals surface area (Å²) in [6, 6.07) is 3.35. The van der Waals surface area contributed by atoms with Gasteiger partial charge in [0.2, 0.25) is 0 Å². The fourth-order valence-corrected chi connectivity index (χ4v) is 3.14. The number of carbonyl (C=O) groups excluding carboxylic acids is 1. The van der Waals surface area contributed by atoms with E-state index in [9.17, 15) is 9.59 Å². The van der Waals surface area contributed by atoms with E-state index in [-0.39, 0.29) is 11.8 Å². The molecule has 1 aromatic heterocycles. The number of thioether (sulfide) groups is 1. The summed E-state index contributed by atoms with van der Waals surface area (Å²) in [4.78, 5) is 26.5. The summed E-state index contributed by atoms with van der Waals surface area (Å²) in [5.74, 6) is -0.522. The van der Waals surface area contributed by atoms with Gasteiger partial charge in [-0.15, -0.1) is 11.8 Å². The highest BCUT2D eigenvalue weighted by atomic mass is 32.2. The molecule has 19 heavy (non-hydrogen) atoms. The molecule has 0 aliphatic heterocycles. The van der Waals surface area contributed by atoms with Gasteiger partial charge < -0.3 is 9.84 Å². The van der Waals surface area contributed by atoms with Gasteiger partial charge in [0.05, 0.1) is 19.1 Å². The number of esters is 1. The minimum absolute atomic E-state index is 0.124. The number of aromatic nitrogens is 1. The van der Waals surface area contributed by atoms with Crippen LogP contribution in [0.4, 0.5) is 0 Å². The summed E-state index contributed by atoms with van der Waals surface area (Å²) in [6.07, 6.45) is 3.64. The van der Waals surface area contributed by atoms with Crippen LogP contribution >= 0.6 is 11.8 Å². The average molecular weight is 281 g/mol. The molecule has 1 N–H and O–H groups in total. The topological polar surface area (TPSA) is 76.5 Å². The van der Waals surface area contributed by atoms with Crippen molar-refractivity contribution in [3.63, 3.8) is 0 Å². The Morgan fingerprint density at radius 1 is 1.53 bits per heavy atom. The van der Waals surface area contributed by atoms with E-state index < -0.39 is 11.9 Å². The number of hydrogen-bond donors (Lipinski definition) is 1. The molecule has 0 aromatic carbocycles. The van der Waals surface area contributed by atoms with Gasteiger partial charge in [-0.3, -0.25) is 4.79 Å². The minimum Gasteiger partial charge on any atom is -0.481 e. The highest BCUT2D eigenvalue weighted by Gasteiger charge is 2.44. The second kappa shape index (κ2) is 5.61. The summed E-state index contributed by atoms with van der Waals surface area (Å²) >= 11 is 1.43. The molecule has 1 aromatic rings. The van der Waals surface area contributed by atoms with Crippen molar-refractivity contribution in [1.29, 1.82) is 0 Å². The molecular formula is C13H15NO4S. The molecule has 2 rings (SSSR count). The van der Waals surface area contributed by atoms with Crippen LogP contribution in [0.3, 0.4) is 0 Å². The lowest BCUT2D eigenvalue weighted by atomic mass is 10.1. The first kappa shape index (κ1) is 13.9. The second-order valence-electron chi connectivity index (χ2n) is 4.71. The van der Waals surface area contributed by atoms with E-state index in [0.29, 0.717) is 16.3 Å². The molecular weight excluding hydrogens is 266 g/mol. The molecule has 0 amide bonds. The van der Waals surface area contributed by atoms with Gasteiger partial charge in [-0.2, -0.15) is 0 Å². The van der Waals surface area contributed by atoms with E-state index in [1.165, 1.54) is 18.9 Å². The largest absolute Gasteiger partial charge is 0.481 e. The maximum Gasteiger partial charge on any atom is 0.340 e. The van der Waals surface area contributed by atoms with Crippen molar-refractivity contribution in [2.75, 3.05) is 12.9 Å². The molecule has 1 saturated carbocycles. The molecule has 0 saturated heterocycles. The third-order valence-corrected chi connectivity index (χ3v) is 4.53. The Morgan fingerprint density at radius 2 is 2.26 bits per heavy atom. The molecule has 5 nitrogen and oxygen atoms in total. The molecule has 6 heteroatoms. The van der Waals surface area contributed by atoms with Crippen molar-refractivity contribution in [2.24, 2.45) is 5.41 Å². The van der Waals surface area contributed by atoms with Gasteiger partial charge in [0.1, 0.15) is 5.03 Å². The Hall–Kier alpha value is -1.56. The highest BCUT2D eigenvalue weighted by Crippen LogP contribution is 2.51. The fourth-order valence-electron chi connectivity index (χ4n) is 1.86. The van der Waals surface area contributed by atoms with Crippen molar-refractivity contribution < 1.29 is 19.4 Å². The molecule has 1 aliphatic rings.